The first kappa shape index (κ1) is 23.4. The number of amides is 1. The number of thioether (sulfide) groups is 1. The van der Waals surface area contributed by atoms with Crippen LogP contribution in [-0.2, 0) is 6.42 Å². The minimum Gasteiger partial charge on any atom is -0.394 e. The number of pyridine rings is 1. The van der Waals surface area contributed by atoms with Crippen LogP contribution in [0.15, 0.2) is 47.5 Å². The molecule has 2 heterocycles. The van der Waals surface area contributed by atoms with E-state index in [0.29, 0.717) is 11.6 Å². The van der Waals surface area contributed by atoms with E-state index in [9.17, 15) is 9.90 Å². The van der Waals surface area contributed by atoms with E-state index in [1.54, 1.807) is 18.0 Å². The number of aliphatic hydroxyl groups is 1. The zero-order valence-electron chi connectivity index (χ0n) is 20.0. The second kappa shape index (κ2) is 10.5. The summed E-state index contributed by atoms with van der Waals surface area (Å²) in [5.74, 6) is 1.58. The fourth-order valence-electron chi connectivity index (χ4n) is 5.31. The summed E-state index contributed by atoms with van der Waals surface area (Å²) in [6, 6.07) is 12.4. The average Bonchev–Trinajstić information content (AvgIpc) is 3.64. The Balaban J connectivity index is 1.35. The first-order chi connectivity index (χ1) is 16.7. The first-order valence-electron chi connectivity index (χ1n) is 12.8. The van der Waals surface area contributed by atoms with E-state index in [4.69, 9.17) is 4.98 Å². The number of carbonyl (C=O) groups is 1. The Hall–Kier alpha value is -2.31. The van der Waals surface area contributed by atoms with Crippen LogP contribution in [0.5, 0.6) is 0 Å². The van der Waals surface area contributed by atoms with Gasteiger partial charge in [-0.15, -0.1) is 11.8 Å². The zero-order chi connectivity index (χ0) is 23.5. The van der Waals surface area contributed by atoms with Crippen LogP contribution >= 0.6 is 11.8 Å². The molecule has 3 aromatic rings. The summed E-state index contributed by atoms with van der Waals surface area (Å²) < 4.78 is 2.44. The van der Waals surface area contributed by atoms with Crippen molar-refractivity contribution in [3.8, 4) is 0 Å². The van der Waals surface area contributed by atoms with Gasteiger partial charge in [0.1, 0.15) is 5.65 Å². The topological polar surface area (TPSA) is 67.2 Å². The van der Waals surface area contributed by atoms with Crippen molar-refractivity contribution in [1.29, 1.82) is 0 Å². The molecule has 2 fully saturated rings. The van der Waals surface area contributed by atoms with Crippen LogP contribution in [0, 0.1) is 5.92 Å². The highest BCUT2D eigenvalue weighted by Crippen LogP contribution is 2.40. The molecule has 2 saturated carbocycles. The van der Waals surface area contributed by atoms with Gasteiger partial charge >= 0.3 is 0 Å². The molecule has 0 saturated heterocycles. The number of benzene rings is 1. The molecule has 1 atom stereocenters. The van der Waals surface area contributed by atoms with Crippen molar-refractivity contribution < 1.29 is 9.90 Å². The number of nitrogens with one attached hydrogen (secondary N) is 1. The smallest absolute Gasteiger partial charge is 0.253 e. The predicted octanol–water partition coefficient (Wildman–Crippen LogP) is 6.07. The first-order valence-corrected chi connectivity index (χ1v) is 13.8. The maximum atomic E-state index is 13.1. The third-order valence-electron chi connectivity index (χ3n) is 7.23. The number of hydrogen-bond acceptors (Lipinski definition) is 4. The van der Waals surface area contributed by atoms with E-state index in [1.165, 1.54) is 55.5 Å². The molecule has 0 radical (unpaired) electrons. The van der Waals surface area contributed by atoms with E-state index in [-0.39, 0.29) is 12.5 Å². The van der Waals surface area contributed by atoms with Gasteiger partial charge in [0, 0.05) is 28.2 Å². The lowest BCUT2D eigenvalue weighted by molar-refractivity contribution is 0.0916. The molecular weight excluding hydrogens is 442 g/mol. The van der Waals surface area contributed by atoms with Crippen molar-refractivity contribution in [2.45, 2.75) is 75.3 Å². The summed E-state index contributed by atoms with van der Waals surface area (Å²) in [6.07, 6.45) is 12.0. The van der Waals surface area contributed by atoms with E-state index < -0.39 is 6.04 Å². The molecule has 34 heavy (non-hydrogen) atoms. The standard InChI is InChI=1S/C28H35N3O2S/c1-2-34-25-12-8-20(9-13-25)26(18-32)30-28(33)22-15-21-16-24(14-19-6-4-3-5-7-19)31(23-10-11-23)27(21)29-17-22/h8-9,12-13,15-17,19,23,26,32H,2-7,10-11,14,18H2,1H3,(H,30,33). The molecule has 1 amide bonds. The fourth-order valence-corrected chi connectivity index (χ4v) is 5.98. The number of aliphatic hydroxyl groups excluding tert-OH is 1. The molecule has 1 unspecified atom stereocenters. The van der Waals surface area contributed by atoms with Crippen LogP contribution in [-0.4, -0.2) is 32.9 Å². The Morgan fingerprint density at radius 3 is 2.59 bits per heavy atom. The molecule has 2 aliphatic rings. The van der Waals surface area contributed by atoms with Gasteiger partial charge in [-0.25, -0.2) is 4.98 Å². The summed E-state index contributed by atoms with van der Waals surface area (Å²) in [7, 11) is 0. The summed E-state index contributed by atoms with van der Waals surface area (Å²) in [6.45, 7) is 1.98. The van der Waals surface area contributed by atoms with Gasteiger partial charge in [0.2, 0.25) is 0 Å². The van der Waals surface area contributed by atoms with Crippen molar-refractivity contribution >= 4 is 28.7 Å². The lowest BCUT2D eigenvalue weighted by atomic mass is 9.86. The number of carbonyl (C=O) groups excluding carboxylic acids is 1. The van der Waals surface area contributed by atoms with E-state index >= 15 is 0 Å². The number of hydrogen-bond donors (Lipinski definition) is 2. The summed E-state index contributed by atoms with van der Waals surface area (Å²) in [4.78, 5) is 19.0. The zero-order valence-corrected chi connectivity index (χ0v) is 20.8. The van der Waals surface area contributed by atoms with Crippen LogP contribution in [0.25, 0.3) is 11.0 Å². The third kappa shape index (κ3) is 5.18. The molecule has 5 nitrogen and oxygen atoms in total. The molecule has 5 rings (SSSR count). The normalized spacial score (nSPS) is 17.7. The van der Waals surface area contributed by atoms with Gasteiger partial charge in [-0.2, -0.15) is 0 Å². The highest BCUT2D eigenvalue weighted by Gasteiger charge is 2.29. The SMILES string of the molecule is CCSc1ccc(C(CO)NC(=O)c2cnc3c(c2)cc(CC2CCCCC2)n3C2CC2)cc1. The maximum Gasteiger partial charge on any atom is 0.253 e. The van der Waals surface area contributed by atoms with Crippen LogP contribution in [0.1, 0.15) is 85.6 Å². The number of rotatable bonds is 9. The van der Waals surface area contributed by atoms with Gasteiger partial charge in [-0.3, -0.25) is 4.79 Å². The van der Waals surface area contributed by atoms with Crippen molar-refractivity contribution in [2.24, 2.45) is 5.92 Å². The molecule has 180 valence electrons. The minimum absolute atomic E-state index is 0.148. The molecule has 2 aromatic heterocycles. The molecule has 6 heteroatoms. The van der Waals surface area contributed by atoms with E-state index in [0.717, 1.165) is 34.7 Å². The second-order valence-corrected chi connectivity index (χ2v) is 11.1. The highest BCUT2D eigenvalue weighted by molar-refractivity contribution is 7.99. The van der Waals surface area contributed by atoms with Crippen molar-refractivity contribution in [1.82, 2.24) is 14.9 Å². The lowest BCUT2D eigenvalue weighted by Gasteiger charge is -2.22. The minimum atomic E-state index is -0.443. The average molecular weight is 478 g/mol. The summed E-state index contributed by atoms with van der Waals surface area (Å²) >= 11 is 1.78. The number of fused-ring (bicyclic) bond motifs is 1. The summed E-state index contributed by atoms with van der Waals surface area (Å²) in [5.41, 5.74) is 3.83. The third-order valence-corrected chi connectivity index (χ3v) is 8.13. The molecule has 2 N–H and O–H groups in total. The lowest BCUT2D eigenvalue weighted by Crippen LogP contribution is -2.30. The monoisotopic (exact) mass is 477 g/mol. The van der Waals surface area contributed by atoms with E-state index in [1.807, 2.05) is 30.3 Å². The van der Waals surface area contributed by atoms with Crippen molar-refractivity contribution in [2.75, 3.05) is 12.4 Å². The Morgan fingerprint density at radius 2 is 1.91 bits per heavy atom. The Labute approximate surface area is 206 Å². The second-order valence-electron chi connectivity index (χ2n) is 9.79. The molecular formula is C28H35N3O2S. The predicted molar refractivity (Wildman–Crippen MR) is 138 cm³/mol. The molecule has 0 spiro atoms. The van der Waals surface area contributed by atoms with Gasteiger partial charge in [0.05, 0.1) is 18.2 Å². The van der Waals surface area contributed by atoms with Crippen LogP contribution < -0.4 is 5.32 Å². The molecule has 0 aliphatic heterocycles. The Morgan fingerprint density at radius 1 is 1.15 bits per heavy atom. The van der Waals surface area contributed by atoms with Gasteiger partial charge in [0.15, 0.2) is 0 Å². The molecule has 1 aromatic carbocycles. The largest absolute Gasteiger partial charge is 0.394 e. The van der Waals surface area contributed by atoms with Gasteiger partial charge in [0.25, 0.3) is 5.91 Å². The Kier molecular flexibility index (Phi) is 7.26. The number of aromatic nitrogens is 2. The van der Waals surface area contributed by atoms with E-state index in [2.05, 4.69) is 22.9 Å². The van der Waals surface area contributed by atoms with Gasteiger partial charge in [-0.05, 0) is 60.8 Å². The van der Waals surface area contributed by atoms with Gasteiger partial charge in [-0.1, -0.05) is 51.2 Å². The quantitative estimate of drug-likeness (QED) is 0.367. The van der Waals surface area contributed by atoms with Crippen molar-refractivity contribution in [3.63, 3.8) is 0 Å². The highest BCUT2D eigenvalue weighted by atomic mass is 32.2. The van der Waals surface area contributed by atoms with Crippen LogP contribution in [0.4, 0.5) is 0 Å². The van der Waals surface area contributed by atoms with Gasteiger partial charge < -0.3 is 15.0 Å². The Bertz CT molecular complexity index is 1130. The number of nitrogens with zero attached hydrogens (tertiary/aromatic N) is 2. The molecule has 2 aliphatic carbocycles. The van der Waals surface area contributed by atoms with Crippen LogP contribution in [0.3, 0.4) is 0 Å². The fraction of sp³-hybridized carbons (Fsp3) is 0.500. The maximum absolute atomic E-state index is 13.1. The van der Waals surface area contributed by atoms with Crippen LogP contribution in [0.2, 0.25) is 0 Å². The van der Waals surface area contributed by atoms with Crippen molar-refractivity contribution in [3.05, 3.63) is 59.4 Å². The molecule has 0 bridgehead atoms. The summed E-state index contributed by atoms with van der Waals surface area (Å²) in [5, 5.41) is 14.0.